The summed E-state index contributed by atoms with van der Waals surface area (Å²) in [4.78, 5) is 2.37. The Hall–Kier alpha value is -1.06. The number of ether oxygens (including phenoxy) is 1. The number of hydrogen-bond donors (Lipinski definition) is 1. The van der Waals surface area contributed by atoms with Gasteiger partial charge in [-0.1, -0.05) is 51.3 Å². The van der Waals surface area contributed by atoms with Gasteiger partial charge in [0.15, 0.2) is 0 Å². The van der Waals surface area contributed by atoms with Crippen LogP contribution in [0.4, 0.5) is 0 Å². The van der Waals surface area contributed by atoms with Crippen LogP contribution in [0.1, 0.15) is 69.1 Å². The molecule has 1 N–H and O–H groups in total. The maximum atomic E-state index is 10.9. The predicted molar refractivity (Wildman–Crippen MR) is 89.4 cm³/mol. The van der Waals surface area contributed by atoms with Gasteiger partial charge in [0.05, 0.1) is 6.04 Å². The van der Waals surface area contributed by atoms with Gasteiger partial charge in [-0.2, -0.15) is 0 Å². The third-order valence-electron chi connectivity index (χ3n) is 5.45. The second kappa shape index (κ2) is 6.59. The van der Waals surface area contributed by atoms with E-state index in [9.17, 15) is 5.11 Å². The van der Waals surface area contributed by atoms with Crippen LogP contribution >= 0.6 is 0 Å². The van der Waals surface area contributed by atoms with Gasteiger partial charge in [-0.25, -0.2) is 0 Å². The first-order valence-electron chi connectivity index (χ1n) is 8.75. The Morgan fingerprint density at radius 1 is 1.18 bits per heavy atom. The molecule has 2 unspecified atom stereocenters. The van der Waals surface area contributed by atoms with Crippen LogP contribution in [0, 0.1) is 0 Å². The van der Waals surface area contributed by atoms with Crippen molar-refractivity contribution in [3.05, 3.63) is 29.3 Å². The van der Waals surface area contributed by atoms with Crippen LogP contribution in [0.3, 0.4) is 0 Å². The number of aliphatic hydroxyl groups is 1. The zero-order chi connectivity index (χ0) is 15.7. The van der Waals surface area contributed by atoms with Gasteiger partial charge in [-0.3, -0.25) is 4.90 Å². The summed E-state index contributed by atoms with van der Waals surface area (Å²) < 4.78 is 6.11. The summed E-state index contributed by atoms with van der Waals surface area (Å²) in [5, 5.41) is 10.9. The highest BCUT2D eigenvalue weighted by Crippen LogP contribution is 2.40. The first kappa shape index (κ1) is 15.8. The van der Waals surface area contributed by atoms with Crippen molar-refractivity contribution in [3.63, 3.8) is 0 Å². The molecule has 0 amide bonds. The molecule has 1 fully saturated rings. The summed E-state index contributed by atoms with van der Waals surface area (Å²) in [7, 11) is 2.16. The molecular formula is C19H29NO2. The van der Waals surface area contributed by atoms with Crippen LogP contribution in [0.15, 0.2) is 18.2 Å². The van der Waals surface area contributed by atoms with Gasteiger partial charge >= 0.3 is 0 Å². The minimum absolute atomic E-state index is 0.0676. The van der Waals surface area contributed by atoms with Gasteiger partial charge < -0.3 is 9.84 Å². The van der Waals surface area contributed by atoms with Crippen molar-refractivity contribution in [2.75, 3.05) is 13.7 Å². The van der Waals surface area contributed by atoms with Crippen molar-refractivity contribution in [1.82, 2.24) is 4.90 Å². The Kier molecular flexibility index (Phi) is 4.74. The van der Waals surface area contributed by atoms with Crippen molar-refractivity contribution in [3.8, 4) is 5.75 Å². The van der Waals surface area contributed by atoms with Crippen LogP contribution in [0.25, 0.3) is 0 Å². The molecule has 0 spiro atoms. The molecule has 1 heterocycles. The van der Waals surface area contributed by atoms with E-state index in [0.29, 0.717) is 18.6 Å². The molecule has 1 aromatic carbocycles. The largest absolute Gasteiger partial charge is 0.491 e. The second-order valence-corrected chi connectivity index (χ2v) is 7.20. The first-order valence-corrected chi connectivity index (χ1v) is 8.75. The van der Waals surface area contributed by atoms with E-state index in [4.69, 9.17) is 4.74 Å². The Balaban J connectivity index is 1.82. The van der Waals surface area contributed by atoms with E-state index in [1.807, 2.05) is 12.1 Å². The van der Waals surface area contributed by atoms with Gasteiger partial charge in [0.1, 0.15) is 18.5 Å². The Morgan fingerprint density at radius 2 is 1.91 bits per heavy atom. The molecule has 2 aliphatic rings. The minimum Gasteiger partial charge on any atom is -0.491 e. The summed E-state index contributed by atoms with van der Waals surface area (Å²) in [6.07, 6.45) is 6.03. The smallest absolute Gasteiger partial charge is 0.128 e. The average molecular weight is 303 g/mol. The van der Waals surface area contributed by atoms with E-state index in [1.54, 1.807) is 0 Å². The first-order chi connectivity index (χ1) is 10.6. The second-order valence-electron chi connectivity index (χ2n) is 7.20. The molecule has 0 aromatic heterocycles. The average Bonchev–Trinajstić information content (AvgIpc) is 2.55. The summed E-state index contributed by atoms with van der Waals surface area (Å²) >= 11 is 0. The van der Waals surface area contributed by atoms with Crippen molar-refractivity contribution in [2.45, 2.75) is 70.1 Å². The summed E-state index contributed by atoms with van der Waals surface area (Å²) in [6.45, 7) is 4.93. The molecule has 1 aromatic rings. The molecule has 0 bridgehead atoms. The molecule has 22 heavy (non-hydrogen) atoms. The lowest BCUT2D eigenvalue weighted by atomic mass is 9.89. The molecule has 1 aliphatic heterocycles. The Morgan fingerprint density at radius 3 is 2.59 bits per heavy atom. The molecular weight excluding hydrogens is 274 g/mol. The fourth-order valence-electron chi connectivity index (χ4n) is 3.99. The zero-order valence-electron chi connectivity index (χ0n) is 14.1. The Labute approximate surface area is 134 Å². The fraction of sp³-hybridized carbons (Fsp3) is 0.684. The number of fused-ring (bicyclic) bond motifs is 1. The van der Waals surface area contributed by atoms with Crippen LogP contribution in [0.2, 0.25) is 0 Å². The summed E-state index contributed by atoms with van der Waals surface area (Å²) in [5.74, 6) is 1.33. The fourth-order valence-corrected chi connectivity index (χ4v) is 3.99. The number of rotatable bonds is 3. The molecule has 1 aliphatic carbocycles. The minimum atomic E-state index is -0.450. The van der Waals surface area contributed by atoms with Crippen LogP contribution in [0.5, 0.6) is 5.75 Å². The molecule has 122 valence electrons. The van der Waals surface area contributed by atoms with Gasteiger partial charge in [0, 0.05) is 11.6 Å². The number of aliphatic hydroxyl groups excluding tert-OH is 1. The number of nitrogens with zero attached hydrogens (tertiary/aromatic N) is 1. The monoisotopic (exact) mass is 303 g/mol. The molecule has 2 atom stereocenters. The number of benzene rings is 1. The lowest BCUT2D eigenvalue weighted by Crippen LogP contribution is -2.49. The van der Waals surface area contributed by atoms with E-state index < -0.39 is 6.10 Å². The highest BCUT2D eigenvalue weighted by molar-refractivity contribution is 5.46. The zero-order valence-corrected chi connectivity index (χ0v) is 14.1. The van der Waals surface area contributed by atoms with Crippen molar-refractivity contribution >= 4 is 0 Å². The van der Waals surface area contributed by atoms with Crippen LogP contribution < -0.4 is 4.74 Å². The summed E-state index contributed by atoms with van der Waals surface area (Å²) in [6, 6.07) is 6.84. The van der Waals surface area contributed by atoms with E-state index in [2.05, 4.69) is 31.9 Å². The Bertz CT molecular complexity index is 508. The third-order valence-corrected chi connectivity index (χ3v) is 5.45. The quantitative estimate of drug-likeness (QED) is 0.920. The normalized spacial score (nSPS) is 26.1. The number of hydrogen-bond acceptors (Lipinski definition) is 3. The maximum absolute atomic E-state index is 10.9. The van der Waals surface area contributed by atoms with Gasteiger partial charge in [-0.15, -0.1) is 0 Å². The third kappa shape index (κ3) is 2.89. The SMILES string of the molecule is CC(C)c1cccc2c1OCC(N(C)C1CCCCC1)C2O. The predicted octanol–water partition coefficient (Wildman–Crippen LogP) is 3.87. The molecule has 3 rings (SSSR count). The lowest BCUT2D eigenvalue weighted by Gasteiger charge is -2.42. The van der Waals surface area contributed by atoms with Crippen LogP contribution in [-0.4, -0.2) is 35.7 Å². The van der Waals surface area contributed by atoms with E-state index in [1.165, 1.54) is 37.7 Å². The van der Waals surface area contributed by atoms with E-state index >= 15 is 0 Å². The summed E-state index contributed by atoms with van der Waals surface area (Å²) in [5.41, 5.74) is 2.17. The van der Waals surface area contributed by atoms with E-state index in [-0.39, 0.29) is 6.04 Å². The van der Waals surface area contributed by atoms with Gasteiger partial charge in [0.25, 0.3) is 0 Å². The van der Waals surface area contributed by atoms with Gasteiger partial charge in [-0.05, 0) is 31.4 Å². The topological polar surface area (TPSA) is 32.7 Å². The molecule has 1 saturated carbocycles. The molecule has 0 radical (unpaired) electrons. The van der Waals surface area contributed by atoms with Crippen molar-refractivity contribution < 1.29 is 9.84 Å². The highest BCUT2D eigenvalue weighted by atomic mass is 16.5. The number of likely N-dealkylation sites (N-methyl/N-ethyl adjacent to an activating group) is 1. The maximum Gasteiger partial charge on any atom is 0.128 e. The van der Waals surface area contributed by atoms with Crippen molar-refractivity contribution in [1.29, 1.82) is 0 Å². The molecule has 0 saturated heterocycles. The van der Waals surface area contributed by atoms with Crippen molar-refractivity contribution in [2.24, 2.45) is 0 Å². The standard InChI is InChI=1S/C19H29NO2/c1-13(2)15-10-7-11-16-18(21)17(12-22-19(15)16)20(3)14-8-5-4-6-9-14/h7,10-11,13-14,17-18,21H,4-6,8-9,12H2,1-3H3. The highest BCUT2D eigenvalue weighted by Gasteiger charge is 2.36. The number of para-hydroxylation sites is 1. The lowest BCUT2D eigenvalue weighted by molar-refractivity contribution is -0.0104. The molecule has 3 nitrogen and oxygen atoms in total. The molecule has 3 heteroatoms. The van der Waals surface area contributed by atoms with E-state index in [0.717, 1.165) is 11.3 Å². The van der Waals surface area contributed by atoms with Gasteiger partial charge in [0.2, 0.25) is 0 Å². The van der Waals surface area contributed by atoms with Crippen LogP contribution in [-0.2, 0) is 0 Å².